The Morgan fingerprint density at radius 2 is 1.17 bits per heavy atom. The topological polar surface area (TPSA) is 34.3 Å². The van der Waals surface area contributed by atoms with Crippen LogP contribution in [-0.2, 0) is 27.1 Å². The molecule has 0 N–H and O–H groups in total. The van der Waals surface area contributed by atoms with Crippen molar-refractivity contribution in [2.45, 2.75) is 62.3 Å². The highest BCUT2D eigenvalue weighted by atomic mass is 16.7. The molecular formula is C26H30O3. The molecule has 152 valence electrons. The predicted molar refractivity (Wildman–Crippen MR) is 116 cm³/mol. The van der Waals surface area contributed by atoms with Gasteiger partial charge in [0.05, 0.1) is 12.2 Å². The van der Waals surface area contributed by atoms with Crippen molar-refractivity contribution < 1.29 is 14.2 Å². The van der Waals surface area contributed by atoms with Crippen molar-refractivity contribution in [3.63, 3.8) is 0 Å². The summed E-state index contributed by atoms with van der Waals surface area (Å²) in [6.45, 7) is 12.2. The van der Waals surface area contributed by atoms with Crippen molar-refractivity contribution >= 4 is 0 Å². The van der Waals surface area contributed by atoms with E-state index in [1.165, 1.54) is 11.1 Å². The van der Waals surface area contributed by atoms with Gasteiger partial charge >= 0.3 is 0 Å². The van der Waals surface area contributed by atoms with Crippen LogP contribution in [0, 0.1) is 0 Å². The van der Waals surface area contributed by atoms with E-state index in [0.717, 1.165) is 12.8 Å². The van der Waals surface area contributed by atoms with Crippen LogP contribution in [0.3, 0.4) is 0 Å². The van der Waals surface area contributed by atoms with Crippen LogP contribution in [0.4, 0.5) is 0 Å². The van der Waals surface area contributed by atoms with Crippen LogP contribution in [0.5, 0.6) is 0 Å². The standard InChI is InChI=1S/C26H30O3/c1-5-25(17-21-13-9-7-10-14-21)23(28-25)19(3)27-20(4)24-26(6-2,29-24)18-22-15-11-8-12-16-22/h5-16,19-20,23-24H,1-2,17-18H2,3-4H3. The molecule has 2 aromatic rings. The average molecular weight is 391 g/mol. The second-order valence-corrected chi connectivity index (χ2v) is 8.27. The normalized spacial score (nSPS) is 32.2. The minimum absolute atomic E-state index is 0.00802. The first kappa shape index (κ1) is 20.1. The SMILES string of the molecule is C=CC1(Cc2ccccc2)OC1C(C)OC(C)C1OC1(C=C)Cc1ccccc1. The molecule has 2 fully saturated rings. The Morgan fingerprint density at radius 1 is 0.793 bits per heavy atom. The van der Waals surface area contributed by atoms with Gasteiger partial charge in [-0.1, -0.05) is 72.8 Å². The van der Waals surface area contributed by atoms with E-state index >= 15 is 0 Å². The monoisotopic (exact) mass is 390 g/mol. The van der Waals surface area contributed by atoms with Crippen molar-refractivity contribution in [2.24, 2.45) is 0 Å². The number of benzene rings is 2. The number of hydrogen-bond donors (Lipinski definition) is 0. The lowest BCUT2D eigenvalue weighted by Crippen LogP contribution is -2.32. The Bertz CT molecular complexity index is 777. The van der Waals surface area contributed by atoms with E-state index in [4.69, 9.17) is 14.2 Å². The average Bonchev–Trinajstić information content (AvgIpc) is 3.64. The van der Waals surface area contributed by atoms with Crippen molar-refractivity contribution in [1.29, 1.82) is 0 Å². The van der Waals surface area contributed by atoms with E-state index in [1.807, 2.05) is 24.3 Å². The molecule has 3 nitrogen and oxygen atoms in total. The van der Waals surface area contributed by atoms with Crippen LogP contribution in [0.25, 0.3) is 0 Å². The first-order valence-electron chi connectivity index (χ1n) is 10.4. The fourth-order valence-electron chi connectivity index (χ4n) is 4.46. The summed E-state index contributed by atoms with van der Waals surface area (Å²) in [7, 11) is 0. The van der Waals surface area contributed by atoms with Crippen molar-refractivity contribution in [3.05, 3.63) is 97.1 Å². The van der Waals surface area contributed by atoms with Crippen LogP contribution < -0.4 is 0 Å². The maximum absolute atomic E-state index is 6.34. The first-order valence-corrected chi connectivity index (χ1v) is 10.4. The third-order valence-corrected chi connectivity index (χ3v) is 6.16. The smallest absolute Gasteiger partial charge is 0.119 e. The molecule has 0 radical (unpaired) electrons. The minimum Gasteiger partial charge on any atom is -0.370 e. The van der Waals surface area contributed by atoms with Crippen LogP contribution in [0.15, 0.2) is 86.0 Å². The molecule has 3 heteroatoms. The van der Waals surface area contributed by atoms with Crippen molar-refractivity contribution in [1.82, 2.24) is 0 Å². The lowest BCUT2D eigenvalue weighted by atomic mass is 9.92. The van der Waals surface area contributed by atoms with E-state index in [0.29, 0.717) is 0 Å². The van der Waals surface area contributed by atoms with Gasteiger partial charge in [-0.05, 0) is 25.0 Å². The second kappa shape index (κ2) is 7.91. The number of rotatable bonds is 10. The Balaban J connectivity index is 1.35. The summed E-state index contributed by atoms with van der Waals surface area (Å²) in [6.07, 6.45) is 5.40. The summed E-state index contributed by atoms with van der Waals surface area (Å²) in [5.74, 6) is 0. The Hall–Kier alpha value is -2.20. The Labute approximate surface area is 174 Å². The third kappa shape index (κ3) is 4.09. The van der Waals surface area contributed by atoms with E-state index in [9.17, 15) is 0 Å². The van der Waals surface area contributed by atoms with Gasteiger partial charge in [0, 0.05) is 12.8 Å². The molecule has 6 atom stereocenters. The zero-order chi connectivity index (χ0) is 20.5. The van der Waals surface area contributed by atoms with Crippen LogP contribution >= 0.6 is 0 Å². The molecule has 4 rings (SSSR count). The molecule has 2 aliphatic rings. The zero-order valence-corrected chi connectivity index (χ0v) is 17.3. The molecule has 2 heterocycles. The summed E-state index contributed by atoms with van der Waals surface area (Å²) in [5, 5.41) is 0. The van der Waals surface area contributed by atoms with Gasteiger partial charge in [0.1, 0.15) is 23.4 Å². The fraction of sp³-hybridized carbons (Fsp3) is 0.385. The fourth-order valence-corrected chi connectivity index (χ4v) is 4.46. The highest BCUT2D eigenvalue weighted by Crippen LogP contribution is 2.47. The Kier molecular flexibility index (Phi) is 5.48. The molecule has 6 unspecified atom stereocenters. The predicted octanol–water partition coefficient (Wildman–Crippen LogP) is 4.91. The summed E-state index contributed by atoms with van der Waals surface area (Å²) in [5.41, 5.74) is 1.80. The van der Waals surface area contributed by atoms with Gasteiger partial charge in [0.25, 0.3) is 0 Å². The zero-order valence-electron chi connectivity index (χ0n) is 17.3. The summed E-state index contributed by atoms with van der Waals surface area (Å²) >= 11 is 0. The third-order valence-electron chi connectivity index (χ3n) is 6.16. The molecular weight excluding hydrogens is 360 g/mol. The van der Waals surface area contributed by atoms with Crippen LogP contribution in [-0.4, -0.2) is 35.6 Å². The molecule has 2 aromatic carbocycles. The highest BCUT2D eigenvalue weighted by molar-refractivity contribution is 5.28. The van der Waals surface area contributed by atoms with Crippen molar-refractivity contribution in [3.8, 4) is 0 Å². The quantitative estimate of drug-likeness (QED) is 0.427. The van der Waals surface area contributed by atoms with Gasteiger partial charge < -0.3 is 14.2 Å². The minimum atomic E-state index is -0.343. The summed E-state index contributed by atoms with van der Waals surface area (Å²) in [4.78, 5) is 0. The van der Waals surface area contributed by atoms with E-state index in [2.05, 4.69) is 75.5 Å². The lowest BCUT2D eigenvalue weighted by molar-refractivity contribution is -0.0189. The lowest BCUT2D eigenvalue weighted by Gasteiger charge is -2.19. The molecule has 2 saturated heterocycles. The second-order valence-electron chi connectivity index (χ2n) is 8.27. The van der Waals surface area contributed by atoms with Gasteiger partial charge in [0.15, 0.2) is 0 Å². The molecule has 0 saturated carbocycles. The summed E-state index contributed by atoms with van der Waals surface area (Å²) < 4.78 is 18.5. The molecule has 0 spiro atoms. The molecule has 0 aromatic heterocycles. The van der Waals surface area contributed by atoms with Gasteiger partial charge in [0.2, 0.25) is 0 Å². The number of epoxide rings is 2. The molecule has 2 aliphatic heterocycles. The first-order chi connectivity index (χ1) is 14.0. The molecule has 0 aliphatic carbocycles. The molecule has 0 amide bonds. The van der Waals surface area contributed by atoms with Gasteiger partial charge in [-0.3, -0.25) is 0 Å². The maximum atomic E-state index is 6.34. The van der Waals surface area contributed by atoms with Crippen LogP contribution in [0.2, 0.25) is 0 Å². The van der Waals surface area contributed by atoms with E-state index in [1.54, 1.807) is 0 Å². The summed E-state index contributed by atoms with van der Waals surface area (Å²) in [6, 6.07) is 20.8. The molecule has 0 bridgehead atoms. The van der Waals surface area contributed by atoms with E-state index in [-0.39, 0.29) is 35.6 Å². The number of hydrogen-bond acceptors (Lipinski definition) is 3. The van der Waals surface area contributed by atoms with Gasteiger partial charge in [-0.2, -0.15) is 0 Å². The number of ether oxygens (including phenoxy) is 3. The Morgan fingerprint density at radius 3 is 1.52 bits per heavy atom. The van der Waals surface area contributed by atoms with E-state index < -0.39 is 0 Å². The highest BCUT2D eigenvalue weighted by Gasteiger charge is 2.60. The van der Waals surface area contributed by atoms with Crippen molar-refractivity contribution in [2.75, 3.05) is 0 Å². The van der Waals surface area contributed by atoms with Gasteiger partial charge in [-0.25, -0.2) is 0 Å². The van der Waals surface area contributed by atoms with Gasteiger partial charge in [-0.15, -0.1) is 13.2 Å². The largest absolute Gasteiger partial charge is 0.370 e. The van der Waals surface area contributed by atoms with Crippen LogP contribution in [0.1, 0.15) is 25.0 Å². The molecule has 29 heavy (non-hydrogen) atoms. The maximum Gasteiger partial charge on any atom is 0.119 e.